The predicted octanol–water partition coefficient (Wildman–Crippen LogP) is -0.894. The van der Waals surface area contributed by atoms with E-state index in [4.69, 9.17) is 16.3 Å². The van der Waals surface area contributed by atoms with Crippen molar-refractivity contribution in [1.29, 1.82) is 0 Å². The quantitative estimate of drug-likeness (QED) is 0.103. The third-order valence-corrected chi connectivity index (χ3v) is 2.25. The molecule has 0 rings (SSSR count). The van der Waals surface area contributed by atoms with E-state index in [0.717, 1.165) is 0 Å². The number of hydrogen-bond donors (Lipinski definition) is 5. The van der Waals surface area contributed by atoms with E-state index in [1.54, 1.807) is 7.11 Å². The first-order valence-corrected chi connectivity index (χ1v) is 6.28. The number of nitrogens with zero attached hydrogens (tertiary/aromatic N) is 2. The minimum Gasteiger partial charge on any atom is -0.383 e. The second-order valence-electron chi connectivity index (χ2n) is 3.83. The van der Waals surface area contributed by atoms with Crippen LogP contribution in [0, 0.1) is 0 Å². The van der Waals surface area contributed by atoms with Crippen molar-refractivity contribution in [3.8, 4) is 0 Å². The fraction of sp³-hybridized carbons (Fsp3) is 0.800. The summed E-state index contributed by atoms with van der Waals surface area (Å²) in [6.45, 7) is 5.46. The summed E-state index contributed by atoms with van der Waals surface area (Å²) < 4.78 is 4.93. The molecule has 0 heterocycles. The SMILES string of the molecule is COCCN=C(NC(N)=N[C@H](C)CNN)C(C)S. The van der Waals surface area contributed by atoms with Gasteiger partial charge in [-0.15, -0.1) is 0 Å². The van der Waals surface area contributed by atoms with Gasteiger partial charge >= 0.3 is 0 Å². The van der Waals surface area contributed by atoms with Crippen LogP contribution >= 0.6 is 12.6 Å². The Balaban J connectivity index is 4.44. The smallest absolute Gasteiger partial charge is 0.194 e. The van der Waals surface area contributed by atoms with Crippen LogP contribution in [0.15, 0.2) is 9.98 Å². The van der Waals surface area contributed by atoms with Crippen molar-refractivity contribution in [3.05, 3.63) is 0 Å². The molecule has 0 amide bonds. The molecule has 1 unspecified atom stereocenters. The van der Waals surface area contributed by atoms with Gasteiger partial charge in [-0.25, -0.2) is 4.99 Å². The lowest BCUT2D eigenvalue weighted by Crippen LogP contribution is -2.42. The van der Waals surface area contributed by atoms with E-state index in [2.05, 4.69) is 33.4 Å². The van der Waals surface area contributed by atoms with Gasteiger partial charge in [-0.1, -0.05) is 0 Å². The number of aliphatic imine (C=N–C) groups is 2. The van der Waals surface area contributed by atoms with E-state index in [-0.39, 0.29) is 11.3 Å². The highest BCUT2D eigenvalue weighted by atomic mass is 32.1. The molecule has 8 heteroatoms. The van der Waals surface area contributed by atoms with Crippen molar-refractivity contribution in [2.45, 2.75) is 25.1 Å². The molecule has 0 fully saturated rings. The Morgan fingerprint density at radius 1 is 1.44 bits per heavy atom. The van der Waals surface area contributed by atoms with E-state index in [1.807, 2.05) is 13.8 Å². The maximum absolute atomic E-state index is 5.77. The van der Waals surface area contributed by atoms with Gasteiger partial charge in [0, 0.05) is 13.7 Å². The summed E-state index contributed by atoms with van der Waals surface area (Å²) in [6.07, 6.45) is 0. The number of amidine groups is 1. The van der Waals surface area contributed by atoms with E-state index in [1.165, 1.54) is 0 Å². The third kappa shape index (κ3) is 8.29. The Kier molecular flexibility index (Phi) is 9.66. The van der Waals surface area contributed by atoms with Gasteiger partial charge in [-0.2, -0.15) is 12.6 Å². The monoisotopic (exact) mass is 276 g/mol. The molecule has 2 atom stereocenters. The molecular weight excluding hydrogens is 252 g/mol. The molecule has 0 aliphatic rings. The first-order chi connectivity index (χ1) is 8.51. The molecule has 0 aliphatic heterocycles. The first kappa shape index (κ1) is 17.2. The van der Waals surface area contributed by atoms with Crippen molar-refractivity contribution in [2.24, 2.45) is 21.6 Å². The number of hydrazine groups is 1. The minimum atomic E-state index is -0.0569. The van der Waals surface area contributed by atoms with Crippen molar-refractivity contribution in [1.82, 2.24) is 10.7 Å². The fourth-order valence-corrected chi connectivity index (χ4v) is 1.30. The summed E-state index contributed by atoms with van der Waals surface area (Å²) in [5, 5.41) is 2.88. The normalized spacial score (nSPS) is 16.5. The van der Waals surface area contributed by atoms with Crippen molar-refractivity contribution in [2.75, 3.05) is 26.8 Å². The maximum Gasteiger partial charge on any atom is 0.194 e. The van der Waals surface area contributed by atoms with Crippen molar-refractivity contribution in [3.63, 3.8) is 0 Å². The standard InChI is InChI=1S/C10H24N6OS/c1-7(6-14-12)15-10(11)16-9(8(2)18)13-4-5-17-3/h7-8,14,18H,4-6,12H2,1-3H3,(H3,11,13,15,16)/t7-,8?/m1/s1. The highest BCUT2D eigenvalue weighted by Gasteiger charge is 2.07. The molecule has 0 bridgehead atoms. The first-order valence-electron chi connectivity index (χ1n) is 5.76. The van der Waals surface area contributed by atoms with E-state index in [9.17, 15) is 0 Å². The van der Waals surface area contributed by atoms with Crippen LogP contribution in [-0.2, 0) is 4.74 Å². The van der Waals surface area contributed by atoms with Gasteiger partial charge in [-0.3, -0.25) is 16.3 Å². The summed E-state index contributed by atoms with van der Waals surface area (Å²) in [6, 6.07) is -0.0158. The number of ether oxygens (including phenoxy) is 1. The minimum absolute atomic E-state index is 0.0158. The molecule has 0 aromatic carbocycles. The summed E-state index contributed by atoms with van der Waals surface area (Å²) >= 11 is 4.32. The molecule has 0 saturated heterocycles. The maximum atomic E-state index is 5.77. The average molecular weight is 276 g/mol. The molecule has 0 radical (unpaired) electrons. The Labute approximate surface area is 114 Å². The van der Waals surface area contributed by atoms with E-state index < -0.39 is 0 Å². The summed E-state index contributed by atoms with van der Waals surface area (Å²) in [5.41, 5.74) is 8.31. The zero-order chi connectivity index (χ0) is 14.0. The lowest BCUT2D eigenvalue weighted by Gasteiger charge is -2.13. The van der Waals surface area contributed by atoms with Gasteiger partial charge < -0.3 is 15.8 Å². The number of thiol groups is 1. The molecule has 0 aromatic heterocycles. The second kappa shape index (κ2) is 10.1. The van der Waals surface area contributed by atoms with Gasteiger partial charge in [-0.05, 0) is 13.8 Å². The van der Waals surface area contributed by atoms with E-state index in [0.29, 0.717) is 31.5 Å². The molecule has 0 spiro atoms. The number of nitrogens with two attached hydrogens (primary N) is 2. The average Bonchev–Trinajstić information content (AvgIpc) is 2.27. The molecule has 0 aliphatic carbocycles. The molecule has 106 valence electrons. The van der Waals surface area contributed by atoms with Crippen molar-refractivity contribution >= 4 is 24.4 Å². The van der Waals surface area contributed by atoms with Gasteiger partial charge in [0.2, 0.25) is 0 Å². The van der Waals surface area contributed by atoms with Crippen LogP contribution in [0.3, 0.4) is 0 Å². The Hall–Kier alpha value is -0.830. The van der Waals surface area contributed by atoms with Crippen LogP contribution < -0.4 is 22.3 Å². The fourth-order valence-electron chi connectivity index (χ4n) is 1.15. The number of hydrogen-bond acceptors (Lipinski definition) is 6. The van der Waals surface area contributed by atoms with Gasteiger partial charge in [0.15, 0.2) is 5.96 Å². The number of nitrogens with one attached hydrogen (secondary N) is 2. The summed E-state index contributed by atoms with van der Waals surface area (Å²) in [5.74, 6) is 6.18. The summed E-state index contributed by atoms with van der Waals surface area (Å²) in [7, 11) is 1.63. The molecule has 18 heavy (non-hydrogen) atoms. The molecule has 6 N–H and O–H groups in total. The van der Waals surface area contributed by atoms with Crippen LogP contribution in [0.4, 0.5) is 0 Å². The Morgan fingerprint density at radius 2 is 2.11 bits per heavy atom. The van der Waals surface area contributed by atoms with Crippen LogP contribution in [0.2, 0.25) is 0 Å². The number of guanidine groups is 1. The zero-order valence-corrected chi connectivity index (χ0v) is 12.1. The highest BCUT2D eigenvalue weighted by Crippen LogP contribution is 1.95. The second-order valence-corrected chi connectivity index (χ2v) is 4.61. The zero-order valence-electron chi connectivity index (χ0n) is 11.2. The molecular formula is C10H24N6OS. The molecule has 7 nitrogen and oxygen atoms in total. The summed E-state index contributed by atoms with van der Waals surface area (Å²) in [4.78, 5) is 8.52. The largest absolute Gasteiger partial charge is 0.383 e. The lowest BCUT2D eigenvalue weighted by atomic mass is 10.3. The van der Waals surface area contributed by atoms with Crippen LogP contribution in [0.1, 0.15) is 13.8 Å². The highest BCUT2D eigenvalue weighted by molar-refractivity contribution is 7.81. The lowest BCUT2D eigenvalue weighted by molar-refractivity contribution is 0.208. The Morgan fingerprint density at radius 3 is 2.61 bits per heavy atom. The van der Waals surface area contributed by atoms with Gasteiger partial charge in [0.05, 0.1) is 24.4 Å². The van der Waals surface area contributed by atoms with Gasteiger partial charge in [0.25, 0.3) is 0 Å². The molecule has 0 aromatic rings. The van der Waals surface area contributed by atoms with E-state index >= 15 is 0 Å². The third-order valence-electron chi connectivity index (χ3n) is 2.00. The van der Waals surface area contributed by atoms with Gasteiger partial charge in [0.1, 0.15) is 5.84 Å². The van der Waals surface area contributed by atoms with Crippen LogP contribution in [0.5, 0.6) is 0 Å². The Bertz CT molecular complexity index is 282. The van der Waals surface area contributed by atoms with Crippen LogP contribution in [-0.4, -0.2) is 49.9 Å². The number of methoxy groups -OCH3 is 1. The van der Waals surface area contributed by atoms with Crippen LogP contribution in [0.25, 0.3) is 0 Å². The number of rotatable bonds is 7. The molecule has 0 saturated carbocycles. The van der Waals surface area contributed by atoms with Crippen molar-refractivity contribution < 1.29 is 4.74 Å². The predicted molar refractivity (Wildman–Crippen MR) is 79.0 cm³/mol. The topological polar surface area (TPSA) is 110 Å².